The predicted octanol–water partition coefficient (Wildman–Crippen LogP) is 3.60. The van der Waals surface area contributed by atoms with E-state index in [0.717, 1.165) is 39.6 Å². The summed E-state index contributed by atoms with van der Waals surface area (Å²) in [6.45, 7) is 3.74. The Hall–Kier alpha value is -1.72. The van der Waals surface area contributed by atoms with Gasteiger partial charge < -0.3 is 10.2 Å². The third kappa shape index (κ3) is 2.22. The van der Waals surface area contributed by atoms with E-state index in [9.17, 15) is 0 Å². The number of aryl methyl sites for hydroxylation is 1. The summed E-state index contributed by atoms with van der Waals surface area (Å²) in [5, 5.41) is 4.31. The van der Waals surface area contributed by atoms with Crippen molar-refractivity contribution in [1.82, 2.24) is 10.2 Å². The minimum absolute atomic E-state index is 0.509. The lowest BCUT2D eigenvalue weighted by Gasteiger charge is -2.30. The molecule has 0 amide bonds. The van der Waals surface area contributed by atoms with Crippen LogP contribution in [-0.4, -0.2) is 28.9 Å². The van der Waals surface area contributed by atoms with Crippen molar-refractivity contribution in [2.24, 2.45) is 4.99 Å². The van der Waals surface area contributed by atoms with Crippen molar-refractivity contribution in [2.75, 3.05) is 13.1 Å². The van der Waals surface area contributed by atoms with Crippen molar-refractivity contribution in [1.29, 1.82) is 0 Å². The first-order valence-electron chi connectivity index (χ1n) is 7.59. The van der Waals surface area contributed by atoms with Gasteiger partial charge in [-0.05, 0) is 42.4 Å². The molecule has 0 spiro atoms. The van der Waals surface area contributed by atoms with E-state index < -0.39 is 5.54 Å². The lowest BCUT2D eigenvalue weighted by atomic mass is 9.82. The van der Waals surface area contributed by atoms with Crippen LogP contribution in [0.3, 0.4) is 0 Å². The third-order valence-corrected chi connectivity index (χ3v) is 5.27. The smallest absolute Gasteiger partial charge is 0.175 e. The Bertz CT molecular complexity index is 815. The number of amidine groups is 1. The lowest BCUT2D eigenvalue weighted by Crippen LogP contribution is -2.44. The van der Waals surface area contributed by atoms with Gasteiger partial charge in [0.2, 0.25) is 0 Å². The molecule has 0 saturated carbocycles. The maximum Gasteiger partial charge on any atom is 0.175 e. The highest BCUT2D eigenvalue weighted by Crippen LogP contribution is 2.39. The summed E-state index contributed by atoms with van der Waals surface area (Å²) >= 11 is 9.18. The second kappa shape index (κ2) is 5.42. The van der Waals surface area contributed by atoms with Gasteiger partial charge in [-0.2, -0.15) is 0 Å². The second-order valence-corrected chi connectivity index (χ2v) is 7.22. The molecule has 2 aliphatic rings. The maximum atomic E-state index is 5.59. The topological polar surface area (TPSA) is 27.6 Å². The van der Waals surface area contributed by atoms with E-state index >= 15 is 0 Å². The number of nitrogens with one attached hydrogen (secondary N) is 1. The van der Waals surface area contributed by atoms with E-state index in [-0.39, 0.29) is 0 Å². The molecule has 1 N–H and O–H groups in total. The van der Waals surface area contributed by atoms with Crippen LogP contribution < -0.4 is 5.32 Å². The maximum absolute atomic E-state index is 5.59. The fraction of sp³-hybridized carbons (Fsp3) is 0.222. The Labute approximate surface area is 149 Å². The minimum Gasteiger partial charge on any atom is -0.342 e. The average Bonchev–Trinajstić information content (AvgIpc) is 3.12. The van der Waals surface area contributed by atoms with Crippen LogP contribution in [0.15, 0.2) is 58.0 Å². The van der Waals surface area contributed by atoms with E-state index in [1.54, 1.807) is 0 Å². The molecule has 5 heteroatoms. The third-order valence-electron chi connectivity index (χ3n) is 4.46. The summed E-state index contributed by atoms with van der Waals surface area (Å²) in [7, 11) is 0. The van der Waals surface area contributed by atoms with E-state index in [4.69, 9.17) is 17.2 Å². The predicted molar refractivity (Wildman–Crippen MR) is 101 cm³/mol. The van der Waals surface area contributed by atoms with E-state index in [2.05, 4.69) is 75.5 Å². The summed E-state index contributed by atoms with van der Waals surface area (Å²) < 4.78 is 1.05. The normalized spacial score (nSPS) is 22.8. The molecule has 23 heavy (non-hydrogen) atoms. The number of aliphatic imine (C=N–C) groups is 1. The zero-order chi connectivity index (χ0) is 16.0. The zero-order valence-electron chi connectivity index (χ0n) is 12.7. The molecule has 1 unspecified atom stereocenters. The van der Waals surface area contributed by atoms with E-state index in [1.807, 2.05) is 6.07 Å². The van der Waals surface area contributed by atoms with E-state index in [0.29, 0.717) is 0 Å². The standard InChI is InChI=1S/C18H16BrN3S/c1-12-5-7-13(8-6-12)18(14-3-2-4-15(19)11-14)16-20-9-10-22(16)17(23)21-18/h2-8,11H,9-10H2,1H3,(H,21,23). The molecule has 0 aromatic heterocycles. The first-order chi connectivity index (χ1) is 11.1. The van der Waals surface area contributed by atoms with Crippen molar-refractivity contribution in [3.8, 4) is 0 Å². The van der Waals surface area contributed by atoms with Crippen LogP contribution in [0.5, 0.6) is 0 Å². The molecule has 0 radical (unpaired) electrons. The van der Waals surface area contributed by atoms with Gasteiger partial charge in [0.25, 0.3) is 0 Å². The molecule has 1 fully saturated rings. The van der Waals surface area contributed by atoms with Crippen LogP contribution in [0.25, 0.3) is 0 Å². The van der Waals surface area contributed by atoms with Gasteiger partial charge in [-0.3, -0.25) is 4.99 Å². The fourth-order valence-electron chi connectivity index (χ4n) is 3.34. The highest BCUT2D eigenvalue weighted by atomic mass is 79.9. The van der Waals surface area contributed by atoms with Crippen molar-refractivity contribution in [3.05, 3.63) is 69.7 Å². The van der Waals surface area contributed by atoms with Gasteiger partial charge in [-0.25, -0.2) is 0 Å². The molecule has 2 heterocycles. The first kappa shape index (κ1) is 14.8. The Balaban J connectivity index is 1.98. The summed E-state index contributed by atoms with van der Waals surface area (Å²) in [5.41, 5.74) is 3.03. The Morgan fingerprint density at radius 3 is 2.70 bits per heavy atom. The van der Waals surface area contributed by atoms with Gasteiger partial charge in [0.1, 0.15) is 11.4 Å². The number of hydrogen-bond acceptors (Lipinski definition) is 2. The molecule has 1 atom stereocenters. The molecular weight excluding hydrogens is 370 g/mol. The van der Waals surface area contributed by atoms with Crippen LogP contribution in [0.2, 0.25) is 0 Å². The summed E-state index contributed by atoms with van der Waals surface area (Å²) in [6, 6.07) is 17.0. The average molecular weight is 386 g/mol. The summed E-state index contributed by atoms with van der Waals surface area (Å²) in [5.74, 6) is 1.00. The van der Waals surface area contributed by atoms with Gasteiger partial charge in [-0.15, -0.1) is 0 Å². The quantitative estimate of drug-likeness (QED) is 0.800. The Kier molecular flexibility index (Phi) is 3.50. The molecule has 3 nitrogen and oxygen atoms in total. The summed E-state index contributed by atoms with van der Waals surface area (Å²) in [6.07, 6.45) is 0. The largest absolute Gasteiger partial charge is 0.342 e. The molecule has 2 aromatic carbocycles. The Morgan fingerprint density at radius 2 is 1.96 bits per heavy atom. The minimum atomic E-state index is -0.509. The number of rotatable bonds is 2. The van der Waals surface area contributed by atoms with Crippen molar-refractivity contribution in [2.45, 2.75) is 12.5 Å². The summed E-state index contributed by atoms with van der Waals surface area (Å²) in [4.78, 5) is 6.90. The van der Waals surface area contributed by atoms with Crippen LogP contribution >= 0.6 is 28.1 Å². The molecule has 116 valence electrons. The van der Waals surface area contributed by atoms with Crippen LogP contribution in [0.4, 0.5) is 0 Å². The van der Waals surface area contributed by atoms with E-state index in [1.165, 1.54) is 5.56 Å². The number of thiocarbonyl (C=S) groups is 1. The zero-order valence-corrected chi connectivity index (χ0v) is 15.1. The SMILES string of the molecule is Cc1ccc(C2(c3cccc(Br)c3)NC(=S)N3CCN=C32)cc1. The lowest BCUT2D eigenvalue weighted by molar-refractivity contribution is 0.655. The molecule has 2 aliphatic heterocycles. The molecule has 1 saturated heterocycles. The molecule has 0 aliphatic carbocycles. The molecule has 2 aromatic rings. The van der Waals surface area contributed by atoms with Gasteiger partial charge in [0, 0.05) is 11.0 Å². The highest BCUT2D eigenvalue weighted by molar-refractivity contribution is 9.10. The van der Waals surface area contributed by atoms with Crippen LogP contribution in [-0.2, 0) is 5.54 Å². The molecule has 0 bridgehead atoms. The number of hydrogen-bond donors (Lipinski definition) is 1. The monoisotopic (exact) mass is 385 g/mol. The highest BCUT2D eigenvalue weighted by Gasteiger charge is 2.51. The second-order valence-electron chi connectivity index (χ2n) is 5.91. The number of fused-ring (bicyclic) bond motifs is 1. The number of halogens is 1. The number of nitrogens with zero attached hydrogens (tertiary/aromatic N) is 2. The van der Waals surface area contributed by atoms with Crippen molar-refractivity contribution in [3.63, 3.8) is 0 Å². The molecule has 4 rings (SSSR count). The fourth-order valence-corrected chi connectivity index (χ4v) is 4.07. The van der Waals surface area contributed by atoms with Crippen molar-refractivity contribution >= 4 is 39.1 Å². The number of benzene rings is 2. The van der Waals surface area contributed by atoms with Crippen LogP contribution in [0, 0.1) is 6.92 Å². The van der Waals surface area contributed by atoms with Gasteiger partial charge >= 0.3 is 0 Å². The van der Waals surface area contributed by atoms with Gasteiger partial charge in [0.15, 0.2) is 5.11 Å². The first-order valence-corrected chi connectivity index (χ1v) is 8.79. The van der Waals surface area contributed by atoms with Crippen LogP contribution in [0.1, 0.15) is 16.7 Å². The van der Waals surface area contributed by atoms with Gasteiger partial charge in [0.05, 0.1) is 6.54 Å². The Morgan fingerprint density at radius 1 is 1.17 bits per heavy atom. The molecular formula is C18H16BrN3S. The van der Waals surface area contributed by atoms with Crippen molar-refractivity contribution < 1.29 is 0 Å². The van der Waals surface area contributed by atoms with Gasteiger partial charge in [-0.1, -0.05) is 57.9 Å².